The van der Waals surface area contributed by atoms with Crippen LogP contribution < -0.4 is 14.2 Å². The van der Waals surface area contributed by atoms with Crippen molar-refractivity contribution in [3.05, 3.63) is 95.0 Å². The van der Waals surface area contributed by atoms with Crippen LogP contribution in [-0.4, -0.2) is 102 Å². The van der Waals surface area contributed by atoms with Gasteiger partial charge in [-0.1, -0.05) is 35.9 Å². The lowest BCUT2D eigenvalue weighted by Gasteiger charge is -2.32. The summed E-state index contributed by atoms with van der Waals surface area (Å²) in [5.41, 5.74) is 0.441. The Morgan fingerprint density at radius 2 is 1.94 bits per heavy atom. The quantitative estimate of drug-likeness (QED) is 0.0815. The van der Waals surface area contributed by atoms with E-state index in [4.69, 9.17) is 38.1 Å². The second-order valence-corrected chi connectivity index (χ2v) is 14.1. The van der Waals surface area contributed by atoms with Gasteiger partial charge in [0.2, 0.25) is 5.88 Å². The number of furan rings is 1. The largest absolute Gasteiger partial charge is 0.491 e. The smallest absolute Gasteiger partial charge is 0.278 e. The van der Waals surface area contributed by atoms with Gasteiger partial charge < -0.3 is 28.6 Å². The van der Waals surface area contributed by atoms with Crippen LogP contribution in [0.25, 0.3) is 32.0 Å². The van der Waals surface area contributed by atoms with Crippen LogP contribution in [0.15, 0.2) is 71.5 Å². The molecule has 2 aromatic carbocycles. The SMILES string of the molecule is [B]C(O)(Oc1ccccc1CC(C=O)Oc1ncnc2sc(-c3ccc(F)o3)c(-c3ccc(OCCN4CCN(C)CC4)c(Cl)c3C)c12)c1ccn[nH]1. The first kappa shape index (κ1) is 36.6. The number of nitrogens with zero attached hydrogens (tertiary/aromatic N) is 5. The number of fused-ring (bicyclic) bond motifs is 1. The number of likely N-dealkylation sites (N-methyl/N-ethyl adjacent to an activating group) is 1. The van der Waals surface area contributed by atoms with Gasteiger partial charge in [0, 0.05) is 57.0 Å². The Labute approximate surface area is 314 Å². The van der Waals surface area contributed by atoms with E-state index in [2.05, 4.69) is 37.0 Å². The lowest BCUT2D eigenvalue weighted by Crippen LogP contribution is -2.45. The highest BCUT2D eigenvalue weighted by molar-refractivity contribution is 7.22. The number of hydrogen-bond donors (Lipinski definition) is 2. The maximum absolute atomic E-state index is 14.3. The number of halogens is 2. The lowest BCUT2D eigenvalue weighted by atomic mass is 9.91. The molecule has 0 bridgehead atoms. The Balaban J connectivity index is 1.21. The number of carbonyl (C=O) groups is 1. The molecule has 0 spiro atoms. The molecule has 1 saturated heterocycles. The van der Waals surface area contributed by atoms with Gasteiger partial charge in [0.25, 0.3) is 6.01 Å². The summed E-state index contributed by atoms with van der Waals surface area (Å²) < 4.78 is 37.9. The summed E-state index contributed by atoms with van der Waals surface area (Å²) in [4.78, 5) is 27.3. The van der Waals surface area contributed by atoms with E-state index in [1.807, 2.05) is 19.1 Å². The van der Waals surface area contributed by atoms with Gasteiger partial charge in [-0.3, -0.25) is 14.8 Å². The highest BCUT2D eigenvalue weighted by atomic mass is 35.5. The molecule has 53 heavy (non-hydrogen) atoms. The second-order valence-electron chi connectivity index (χ2n) is 12.7. The first-order chi connectivity index (χ1) is 25.6. The fourth-order valence-electron chi connectivity index (χ4n) is 6.19. The fraction of sp³-hybridized carbons (Fsp3) is 0.297. The molecule has 12 nitrogen and oxygen atoms in total. The van der Waals surface area contributed by atoms with Crippen LogP contribution in [0.1, 0.15) is 16.8 Å². The van der Waals surface area contributed by atoms with Crippen molar-refractivity contribution >= 4 is 47.3 Å². The van der Waals surface area contributed by atoms with Crippen molar-refractivity contribution in [2.75, 3.05) is 46.4 Å². The molecule has 4 aromatic heterocycles. The minimum absolute atomic E-state index is 0.0327. The van der Waals surface area contributed by atoms with E-state index < -0.39 is 17.8 Å². The van der Waals surface area contributed by atoms with Crippen LogP contribution in [0.3, 0.4) is 0 Å². The molecule has 0 saturated carbocycles. The molecular formula is C37H35BClFN6O6S. The van der Waals surface area contributed by atoms with Gasteiger partial charge in [-0.25, -0.2) is 9.97 Å². The number of nitrogens with one attached hydrogen (secondary N) is 1. The fourth-order valence-corrected chi connectivity index (χ4v) is 7.52. The van der Waals surface area contributed by atoms with E-state index in [9.17, 15) is 14.3 Å². The molecule has 6 aromatic rings. The van der Waals surface area contributed by atoms with Gasteiger partial charge >= 0.3 is 0 Å². The number of rotatable bonds is 14. The van der Waals surface area contributed by atoms with Gasteiger partial charge in [-0.15, -0.1) is 11.3 Å². The number of aliphatic hydroxyl groups is 1. The zero-order valence-corrected chi connectivity index (χ0v) is 30.5. The Kier molecular flexibility index (Phi) is 10.8. The molecule has 2 radical (unpaired) electrons. The van der Waals surface area contributed by atoms with Crippen molar-refractivity contribution in [3.63, 3.8) is 0 Å². The summed E-state index contributed by atoms with van der Waals surface area (Å²) in [5, 5.41) is 18.1. The zero-order valence-electron chi connectivity index (χ0n) is 28.9. The van der Waals surface area contributed by atoms with Crippen molar-refractivity contribution in [2.24, 2.45) is 0 Å². The topological polar surface area (TPSA) is 139 Å². The summed E-state index contributed by atoms with van der Waals surface area (Å²) in [6.45, 7) is 7.11. The highest BCUT2D eigenvalue weighted by Gasteiger charge is 2.29. The number of aldehydes is 1. The number of H-pyrrole nitrogens is 1. The summed E-state index contributed by atoms with van der Waals surface area (Å²) in [6.07, 6.45) is 2.39. The van der Waals surface area contributed by atoms with Gasteiger partial charge in [0.1, 0.15) is 35.0 Å². The van der Waals surface area contributed by atoms with Crippen LogP contribution in [0.4, 0.5) is 4.39 Å². The van der Waals surface area contributed by atoms with Crippen molar-refractivity contribution in [1.82, 2.24) is 30.0 Å². The van der Waals surface area contributed by atoms with Gasteiger partial charge in [0.15, 0.2) is 25.9 Å². The predicted molar refractivity (Wildman–Crippen MR) is 199 cm³/mol. The average Bonchev–Trinajstić information content (AvgIpc) is 3.93. The molecule has 2 N–H and O–H groups in total. The monoisotopic (exact) mass is 756 g/mol. The number of aromatic nitrogens is 4. The lowest BCUT2D eigenvalue weighted by molar-refractivity contribution is -0.113. The van der Waals surface area contributed by atoms with Gasteiger partial charge in [-0.2, -0.15) is 9.49 Å². The maximum atomic E-state index is 14.3. The highest BCUT2D eigenvalue weighted by Crippen LogP contribution is 2.49. The number of hydrogen-bond acceptors (Lipinski definition) is 12. The molecule has 2 unspecified atom stereocenters. The first-order valence-electron chi connectivity index (χ1n) is 16.9. The van der Waals surface area contributed by atoms with E-state index in [-0.39, 0.29) is 29.5 Å². The van der Waals surface area contributed by atoms with Crippen LogP contribution >= 0.6 is 22.9 Å². The number of para-hydroxylation sites is 1. The van der Waals surface area contributed by atoms with Gasteiger partial charge in [-0.05, 0) is 54.9 Å². The van der Waals surface area contributed by atoms with Crippen LogP contribution in [-0.2, 0) is 16.9 Å². The van der Waals surface area contributed by atoms with E-state index >= 15 is 0 Å². The van der Waals surface area contributed by atoms with E-state index in [0.29, 0.717) is 61.0 Å². The molecule has 5 heterocycles. The van der Waals surface area contributed by atoms with Crippen molar-refractivity contribution in [2.45, 2.75) is 25.1 Å². The standard InChI is InChI=1S/C37H35BClFN6O6S/c1-22-25(7-8-27(33(22)39)49-18-17-46-15-13-45(2)14-16-46)31-32-35(41-21-42-36(32)53-34(31)28-9-10-30(40)51-28)50-24(20-47)19-23-5-3-4-6-26(23)52-37(38,48)29-11-12-43-44-29/h3-12,20-21,24,48H,13-19H2,1-2H3,(H,43,44). The molecular weight excluding hydrogens is 722 g/mol. The van der Waals surface area contributed by atoms with Crippen molar-refractivity contribution < 1.29 is 32.9 Å². The first-order valence-corrected chi connectivity index (χ1v) is 18.1. The number of piperazine rings is 1. The van der Waals surface area contributed by atoms with Crippen LogP contribution in [0.5, 0.6) is 17.4 Å². The molecule has 0 amide bonds. The Bertz CT molecular complexity index is 2210. The predicted octanol–water partition coefficient (Wildman–Crippen LogP) is 5.61. The van der Waals surface area contributed by atoms with Crippen LogP contribution in [0.2, 0.25) is 5.02 Å². The second kappa shape index (κ2) is 15.7. The molecule has 2 atom stereocenters. The maximum Gasteiger partial charge on any atom is 0.278 e. The van der Waals surface area contributed by atoms with E-state index in [1.54, 1.807) is 24.3 Å². The normalized spacial score (nSPS) is 15.6. The number of thiophene rings is 1. The molecule has 16 heteroatoms. The number of benzene rings is 2. The third kappa shape index (κ3) is 7.94. The molecule has 272 valence electrons. The van der Waals surface area contributed by atoms with Crippen molar-refractivity contribution in [3.8, 4) is 39.1 Å². The summed E-state index contributed by atoms with van der Waals surface area (Å²) >= 11 is 8.22. The number of carbonyl (C=O) groups excluding carboxylic acids is 1. The third-order valence-corrected chi connectivity index (χ3v) is 10.7. The van der Waals surface area contributed by atoms with Crippen molar-refractivity contribution in [1.29, 1.82) is 0 Å². The van der Waals surface area contributed by atoms with Crippen LogP contribution in [0, 0.1) is 12.9 Å². The van der Waals surface area contributed by atoms with Gasteiger partial charge in [0.05, 0.1) is 21.0 Å². The minimum atomic E-state index is -2.22. The Morgan fingerprint density at radius 3 is 2.68 bits per heavy atom. The molecule has 1 aliphatic rings. The van der Waals surface area contributed by atoms with E-state index in [0.717, 1.165) is 32.7 Å². The zero-order chi connectivity index (χ0) is 37.1. The summed E-state index contributed by atoms with van der Waals surface area (Å²) in [6, 6.07) is 14.0. The molecule has 1 aliphatic heterocycles. The number of ether oxygens (including phenoxy) is 3. The van der Waals surface area contributed by atoms with E-state index in [1.165, 1.54) is 42.1 Å². The average molecular weight is 757 g/mol. The summed E-state index contributed by atoms with van der Waals surface area (Å²) in [5.74, 6) is 1.16. The molecule has 0 aliphatic carbocycles. The molecule has 1 fully saturated rings. The summed E-state index contributed by atoms with van der Waals surface area (Å²) in [7, 11) is 8.16. The Morgan fingerprint density at radius 1 is 1.13 bits per heavy atom. The number of aromatic amines is 1. The Hall–Kier alpha value is -4.80. The minimum Gasteiger partial charge on any atom is -0.491 e. The third-order valence-electron chi connectivity index (χ3n) is 9.09. The molecule has 7 rings (SSSR count).